The van der Waals surface area contributed by atoms with E-state index in [9.17, 15) is 4.79 Å². The van der Waals surface area contributed by atoms with E-state index in [1.165, 1.54) is 0 Å². The van der Waals surface area contributed by atoms with Gasteiger partial charge in [0, 0.05) is 32.1 Å². The van der Waals surface area contributed by atoms with Crippen LogP contribution in [0.1, 0.15) is 33.1 Å². The van der Waals surface area contributed by atoms with E-state index in [1.807, 2.05) is 19.9 Å². The molecule has 19 heavy (non-hydrogen) atoms. The van der Waals surface area contributed by atoms with E-state index in [0.29, 0.717) is 13.1 Å². The Morgan fingerprint density at radius 2 is 2.00 bits per heavy atom. The third-order valence-corrected chi connectivity index (χ3v) is 2.81. The molecule has 0 aromatic rings. The van der Waals surface area contributed by atoms with Gasteiger partial charge in [-0.1, -0.05) is 12.2 Å². The molecule has 0 aromatic heterocycles. The average molecular weight is 266 g/mol. The van der Waals surface area contributed by atoms with Crippen molar-refractivity contribution < 1.29 is 4.79 Å². The number of allylic oxidation sites excluding steroid dienone is 1. The molecule has 0 spiro atoms. The molecule has 0 atom stereocenters. The summed E-state index contributed by atoms with van der Waals surface area (Å²) >= 11 is 0. The predicted octanol–water partition coefficient (Wildman–Crippen LogP) is 1.03. The van der Waals surface area contributed by atoms with Gasteiger partial charge in [-0.05, 0) is 33.1 Å². The number of nitrogens with one attached hydrogen (secondary N) is 3. The van der Waals surface area contributed by atoms with Crippen molar-refractivity contribution in [1.29, 1.82) is 0 Å². The van der Waals surface area contributed by atoms with Crippen molar-refractivity contribution in [2.45, 2.75) is 33.1 Å². The second-order valence-electron chi connectivity index (χ2n) is 4.61. The first-order chi connectivity index (χ1) is 9.27. The van der Waals surface area contributed by atoms with Crippen LogP contribution in [0.25, 0.3) is 0 Å². The summed E-state index contributed by atoms with van der Waals surface area (Å²) < 4.78 is 0. The van der Waals surface area contributed by atoms with Gasteiger partial charge in [-0.15, -0.1) is 0 Å². The summed E-state index contributed by atoms with van der Waals surface area (Å²) in [7, 11) is 0. The molecular formula is C14H26N4O. The molecule has 1 aliphatic carbocycles. The van der Waals surface area contributed by atoms with Crippen molar-refractivity contribution in [2.75, 3.05) is 26.2 Å². The van der Waals surface area contributed by atoms with Gasteiger partial charge in [-0.3, -0.25) is 9.79 Å². The zero-order valence-corrected chi connectivity index (χ0v) is 12.0. The normalized spacial score (nSPS) is 15.6. The Balaban J connectivity index is 2.14. The molecule has 1 aliphatic rings. The number of hydrogen-bond donors (Lipinski definition) is 3. The number of amides is 1. The number of hydrogen-bond acceptors (Lipinski definition) is 2. The number of carbonyl (C=O) groups excluding carboxylic acids is 1. The van der Waals surface area contributed by atoms with E-state index < -0.39 is 0 Å². The number of nitrogens with zero attached hydrogens (tertiary/aromatic N) is 1. The molecule has 0 radical (unpaired) electrons. The Morgan fingerprint density at radius 3 is 2.63 bits per heavy atom. The molecular weight excluding hydrogens is 240 g/mol. The number of carbonyl (C=O) groups is 1. The van der Waals surface area contributed by atoms with Gasteiger partial charge < -0.3 is 16.0 Å². The summed E-state index contributed by atoms with van der Waals surface area (Å²) in [6, 6.07) is 0. The first kappa shape index (κ1) is 15.5. The number of aliphatic imine (C=N–C) groups is 1. The first-order valence-electron chi connectivity index (χ1n) is 7.19. The minimum atomic E-state index is 0.192. The van der Waals surface area contributed by atoms with Crippen molar-refractivity contribution in [3.63, 3.8) is 0 Å². The minimum Gasteiger partial charge on any atom is -0.357 e. The largest absolute Gasteiger partial charge is 0.357 e. The van der Waals surface area contributed by atoms with Gasteiger partial charge in [0.25, 0.3) is 0 Å². The van der Waals surface area contributed by atoms with E-state index in [4.69, 9.17) is 0 Å². The predicted molar refractivity (Wildman–Crippen MR) is 79.1 cm³/mol. The van der Waals surface area contributed by atoms with Crippen LogP contribution in [0.5, 0.6) is 0 Å². The van der Waals surface area contributed by atoms with Gasteiger partial charge in [0.2, 0.25) is 5.91 Å². The molecule has 1 amide bonds. The smallest absolute Gasteiger partial charge is 0.223 e. The molecule has 0 heterocycles. The maximum atomic E-state index is 11.4. The lowest BCUT2D eigenvalue weighted by Gasteiger charge is -2.11. The third kappa shape index (κ3) is 7.49. The molecule has 1 saturated carbocycles. The topological polar surface area (TPSA) is 65.5 Å². The standard InChI is InChI=1S/C14H26N4O/c1-3-5-6-9-17-14(15-4-2)18-11-10-16-13(19)12-7-8-12/h3,5,12H,4,6-11H2,1-2H3,(H,16,19)(H2,15,17,18). The highest BCUT2D eigenvalue weighted by atomic mass is 16.2. The molecule has 3 N–H and O–H groups in total. The lowest BCUT2D eigenvalue weighted by molar-refractivity contribution is -0.122. The lowest BCUT2D eigenvalue weighted by Crippen LogP contribution is -2.41. The highest BCUT2D eigenvalue weighted by Gasteiger charge is 2.28. The van der Waals surface area contributed by atoms with Gasteiger partial charge in [-0.25, -0.2) is 0 Å². The van der Waals surface area contributed by atoms with Crippen LogP contribution in [-0.4, -0.2) is 38.0 Å². The summed E-state index contributed by atoms with van der Waals surface area (Å²) in [5.41, 5.74) is 0. The Hall–Kier alpha value is -1.52. The maximum Gasteiger partial charge on any atom is 0.223 e. The molecule has 0 saturated heterocycles. The minimum absolute atomic E-state index is 0.192. The fourth-order valence-corrected chi connectivity index (χ4v) is 1.62. The summed E-state index contributed by atoms with van der Waals surface area (Å²) in [5, 5.41) is 9.32. The zero-order chi connectivity index (χ0) is 13.9. The van der Waals surface area contributed by atoms with Crippen molar-refractivity contribution in [2.24, 2.45) is 10.9 Å². The molecule has 0 unspecified atom stereocenters. The SMILES string of the molecule is CC=CCCN=C(NCC)NCCNC(=O)C1CC1. The van der Waals surface area contributed by atoms with E-state index in [2.05, 4.69) is 27.0 Å². The van der Waals surface area contributed by atoms with Crippen LogP contribution >= 0.6 is 0 Å². The van der Waals surface area contributed by atoms with Gasteiger partial charge >= 0.3 is 0 Å². The molecule has 5 nitrogen and oxygen atoms in total. The number of guanidine groups is 1. The first-order valence-corrected chi connectivity index (χ1v) is 7.19. The van der Waals surface area contributed by atoms with Crippen LogP contribution in [-0.2, 0) is 4.79 Å². The molecule has 1 rings (SSSR count). The van der Waals surface area contributed by atoms with Crippen LogP contribution in [0.15, 0.2) is 17.1 Å². The fraction of sp³-hybridized carbons (Fsp3) is 0.714. The second kappa shape index (κ2) is 9.42. The van der Waals surface area contributed by atoms with Crippen LogP contribution in [0.4, 0.5) is 0 Å². The van der Waals surface area contributed by atoms with Gasteiger partial charge in [0.05, 0.1) is 0 Å². The molecule has 0 aromatic carbocycles. The Kier molecular flexibility index (Phi) is 7.70. The van der Waals surface area contributed by atoms with E-state index in [1.54, 1.807) is 0 Å². The van der Waals surface area contributed by atoms with Crippen molar-refractivity contribution in [3.8, 4) is 0 Å². The van der Waals surface area contributed by atoms with Crippen LogP contribution < -0.4 is 16.0 Å². The van der Waals surface area contributed by atoms with Crippen LogP contribution in [0.2, 0.25) is 0 Å². The Labute approximate surface area is 115 Å². The van der Waals surface area contributed by atoms with Crippen molar-refractivity contribution in [1.82, 2.24) is 16.0 Å². The van der Waals surface area contributed by atoms with Gasteiger partial charge in [0.1, 0.15) is 0 Å². The lowest BCUT2D eigenvalue weighted by atomic mass is 10.4. The zero-order valence-electron chi connectivity index (χ0n) is 12.0. The Morgan fingerprint density at radius 1 is 1.26 bits per heavy atom. The monoisotopic (exact) mass is 266 g/mol. The summed E-state index contributed by atoms with van der Waals surface area (Å²) in [6.45, 7) is 7.01. The Bertz CT molecular complexity index is 321. The van der Waals surface area contributed by atoms with Crippen LogP contribution in [0.3, 0.4) is 0 Å². The van der Waals surface area contributed by atoms with Crippen molar-refractivity contribution >= 4 is 11.9 Å². The number of rotatable bonds is 8. The molecule has 1 fully saturated rings. The maximum absolute atomic E-state index is 11.4. The molecule has 5 heteroatoms. The van der Waals surface area contributed by atoms with Gasteiger partial charge in [0.15, 0.2) is 5.96 Å². The van der Waals surface area contributed by atoms with Gasteiger partial charge in [-0.2, -0.15) is 0 Å². The summed E-state index contributed by atoms with van der Waals surface area (Å²) in [4.78, 5) is 15.9. The summed E-state index contributed by atoms with van der Waals surface area (Å²) in [6.07, 6.45) is 7.18. The van der Waals surface area contributed by atoms with E-state index in [-0.39, 0.29) is 11.8 Å². The van der Waals surface area contributed by atoms with E-state index in [0.717, 1.165) is 38.3 Å². The second-order valence-corrected chi connectivity index (χ2v) is 4.61. The third-order valence-electron chi connectivity index (χ3n) is 2.81. The molecule has 0 aliphatic heterocycles. The fourth-order valence-electron chi connectivity index (χ4n) is 1.62. The highest BCUT2D eigenvalue weighted by Crippen LogP contribution is 2.28. The highest BCUT2D eigenvalue weighted by molar-refractivity contribution is 5.81. The quantitative estimate of drug-likeness (QED) is 0.266. The molecule has 0 bridgehead atoms. The van der Waals surface area contributed by atoms with E-state index >= 15 is 0 Å². The average Bonchev–Trinajstić information content (AvgIpc) is 3.23. The molecule has 108 valence electrons. The van der Waals surface area contributed by atoms with Crippen molar-refractivity contribution in [3.05, 3.63) is 12.2 Å². The summed E-state index contributed by atoms with van der Waals surface area (Å²) in [5.74, 6) is 1.28. The van der Waals surface area contributed by atoms with Crippen LogP contribution in [0, 0.1) is 5.92 Å².